The lowest BCUT2D eigenvalue weighted by molar-refractivity contribution is -0.145. The number of anilines is 1. The van der Waals surface area contributed by atoms with Gasteiger partial charge < -0.3 is 19.7 Å². The fourth-order valence-corrected chi connectivity index (χ4v) is 5.20. The monoisotopic (exact) mass is 660 g/mol. The molecule has 2 amide bonds. The molecule has 1 atom stereocenters. The van der Waals surface area contributed by atoms with E-state index in [-0.39, 0.29) is 35.7 Å². The zero-order chi connectivity index (χ0) is 34.8. The largest absolute Gasteiger partial charge is 0.465 e. The van der Waals surface area contributed by atoms with Crippen LogP contribution >= 0.6 is 0 Å². The molecule has 0 saturated heterocycles. The first kappa shape index (κ1) is 35.4. The molecule has 0 aliphatic rings. The molecule has 4 rings (SSSR count). The van der Waals surface area contributed by atoms with E-state index in [9.17, 15) is 32.3 Å². The smallest absolute Gasteiger partial charge is 0.416 e. The summed E-state index contributed by atoms with van der Waals surface area (Å²) < 4.78 is 49.7. The van der Waals surface area contributed by atoms with Crippen LogP contribution in [0.1, 0.15) is 57.2 Å². The summed E-state index contributed by atoms with van der Waals surface area (Å²) >= 11 is 0. The van der Waals surface area contributed by atoms with Crippen molar-refractivity contribution in [3.63, 3.8) is 0 Å². The number of esters is 2. The quantitative estimate of drug-likeness (QED) is 0.162. The lowest BCUT2D eigenvalue weighted by Crippen LogP contribution is -2.37. The van der Waals surface area contributed by atoms with Crippen LogP contribution in [0.3, 0.4) is 0 Å². The molecule has 1 N–H and O–H groups in total. The Labute approximate surface area is 276 Å². The standard InChI is InChI=1S/C37H35F3N2O6/c1-4-42(5-2)35(45)31(25-11-7-6-8-12-25)23-48-33(43)22-24-15-20-32(30(21-24)36(46)47-3)41-34(44)29-14-10-9-13-28(29)26-16-18-27(19-17-26)37(38,39)40/h6-21,31H,4-5,22-23H2,1-3H3,(H,41,44). The molecule has 0 aliphatic heterocycles. The molecular formula is C37H35F3N2O6. The van der Waals surface area contributed by atoms with Crippen molar-refractivity contribution in [2.75, 3.05) is 32.1 Å². The summed E-state index contributed by atoms with van der Waals surface area (Å²) in [4.78, 5) is 54.0. The van der Waals surface area contributed by atoms with Crippen molar-refractivity contribution in [2.24, 2.45) is 0 Å². The second-order valence-corrected chi connectivity index (χ2v) is 10.8. The minimum Gasteiger partial charge on any atom is -0.465 e. The topological polar surface area (TPSA) is 102 Å². The van der Waals surface area contributed by atoms with Gasteiger partial charge in [0, 0.05) is 18.7 Å². The number of rotatable bonds is 12. The number of methoxy groups -OCH3 is 1. The van der Waals surface area contributed by atoms with E-state index >= 15 is 0 Å². The van der Waals surface area contributed by atoms with Crippen LogP contribution in [-0.2, 0) is 31.7 Å². The number of halogens is 3. The molecule has 11 heteroatoms. The number of hydrogen-bond donors (Lipinski definition) is 1. The highest BCUT2D eigenvalue weighted by Gasteiger charge is 2.30. The highest BCUT2D eigenvalue weighted by atomic mass is 19.4. The summed E-state index contributed by atoms with van der Waals surface area (Å²) in [5.74, 6) is -2.87. The van der Waals surface area contributed by atoms with E-state index in [1.165, 1.54) is 37.4 Å². The third-order valence-electron chi connectivity index (χ3n) is 7.77. The molecular weight excluding hydrogens is 625 g/mol. The van der Waals surface area contributed by atoms with Crippen LogP contribution in [-0.4, -0.2) is 55.5 Å². The van der Waals surface area contributed by atoms with E-state index in [0.29, 0.717) is 29.8 Å². The molecule has 48 heavy (non-hydrogen) atoms. The van der Waals surface area contributed by atoms with Gasteiger partial charge in [0.15, 0.2) is 0 Å². The number of nitrogens with zero attached hydrogens (tertiary/aromatic N) is 1. The van der Waals surface area contributed by atoms with Gasteiger partial charge in [0.1, 0.15) is 6.61 Å². The first-order valence-electron chi connectivity index (χ1n) is 15.2. The highest BCUT2D eigenvalue weighted by molar-refractivity contribution is 6.11. The van der Waals surface area contributed by atoms with Crippen molar-refractivity contribution in [1.82, 2.24) is 4.90 Å². The lowest BCUT2D eigenvalue weighted by Gasteiger charge is -2.25. The van der Waals surface area contributed by atoms with Crippen molar-refractivity contribution in [3.8, 4) is 11.1 Å². The Balaban J connectivity index is 1.51. The zero-order valence-electron chi connectivity index (χ0n) is 26.7. The Morgan fingerprint density at radius 2 is 1.46 bits per heavy atom. The Kier molecular flexibility index (Phi) is 11.7. The number of nitrogens with one attached hydrogen (secondary N) is 1. The lowest BCUT2D eigenvalue weighted by atomic mass is 9.97. The number of amides is 2. The maximum Gasteiger partial charge on any atom is 0.416 e. The average Bonchev–Trinajstić information content (AvgIpc) is 3.09. The molecule has 8 nitrogen and oxygen atoms in total. The maximum atomic E-state index is 13.4. The minimum absolute atomic E-state index is 0.0259. The van der Waals surface area contributed by atoms with E-state index in [2.05, 4.69) is 5.32 Å². The molecule has 1 unspecified atom stereocenters. The Hall–Kier alpha value is -5.45. The Bertz CT molecular complexity index is 1750. The van der Waals surface area contributed by atoms with E-state index < -0.39 is 35.5 Å². The number of alkyl halides is 3. The average molecular weight is 661 g/mol. The van der Waals surface area contributed by atoms with E-state index in [0.717, 1.165) is 17.7 Å². The molecule has 4 aromatic rings. The molecule has 0 spiro atoms. The molecule has 0 bridgehead atoms. The third-order valence-corrected chi connectivity index (χ3v) is 7.77. The molecule has 0 aliphatic carbocycles. The Morgan fingerprint density at radius 3 is 2.08 bits per heavy atom. The maximum absolute atomic E-state index is 13.4. The predicted molar refractivity (Wildman–Crippen MR) is 174 cm³/mol. The molecule has 0 aromatic heterocycles. The van der Waals surface area contributed by atoms with Gasteiger partial charge in [0.25, 0.3) is 5.91 Å². The fourth-order valence-electron chi connectivity index (χ4n) is 5.20. The summed E-state index contributed by atoms with van der Waals surface area (Å²) in [6.07, 6.45) is -4.73. The second-order valence-electron chi connectivity index (χ2n) is 10.8. The summed E-state index contributed by atoms with van der Waals surface area (Å²) in [6.45, 7) is 4.59. The van der Waals surface area contributed by atoms with Crippen LogP contribution in [0.5, 0.6) is 0 Å². The number of benzene rings is 4. The normalized spacial score (nSPS) is 11.7. The van der Waals surface area contributed by atoms with E-state index in [1.54, 1.807) is 41.3 Å². The summed E-state index contributed by atoms with van der Waals surface area (Å²) in [5, 5.41) is 2.68. The van der Waals surface area contributed by atoms with Crippen LogP contribution in [0.4, 0.5) is 18.9 Å². The fraction of sp³-hybridized carbons (Fsp3) is 0.243. The SMILES string of the molecule is CCN(CC)C(=O)C(COC(=O)Cc1ccc(NC(=O)c2ccccc2-c2ccc(C(F)(F)F)cc2)c(C(=O)OC)c1)c1ccccc1. The molecule has 0 heterocycles. The summed E-state index contributed by atoms with van der Waals surface area (Å²) in [5.41, 5.74) is 1.31. The van der Waals surface area contributed by atoms with Gasteiger partial charge in [-0.25, -0.2) is 4.79 Å². The number of hydrogen-bond acceptors (Lipinski definition) is 6. The Morgan fingerprint density at radius 1 is 0.812 bits per heavy atom. The van der Waals surface area contributed by atoms with Crippen molar-refractivity contribution in [3.05, 3.63) is 125 Å². The number of carbonyl (C=O) groups is 4. The molecule has 4 aromatic carbocycles. The van der Waals surface area contributed by atoms with Gasteiger partial charge in [-0.15, -0.1) is 0 Å². The van der Waals surface area contributed by atoms with Crippen molar-refractivity contribution in [2.45, 2.75) is 32.4 Å². The van der Waals surface area contributed by atoms with Crippen molar-refractivity contribution >= 4 is 29.4 Å². The molecule has 0 fully saturated rings. The van der Waals surface area contributed by atoms with Crippen LogP contribution in [0.2, 0.25) is 0 Å². The first-order chi connectivity index (χ1) is 23.0. The second kappa shape index (κ2) is 15.9. The summed E-state index contributed by atoms with van der Waals surface area (Å²) in [6, 6.07) is 24.3. The highest BCUT2D eigenvalue weighted by Crippen LogP contribution is 2.32. The van der Waals surface area contributed by atoms with Crippen LogP contribution in [0.15, 0.2) is 97.1 Å². The van der Waals surface area contributed by atoms with Crippen molar-refractivity contribution < 1.29 is 41.8 Å². The van der Waals surface area contributed by atoms with Gasteiger partial charge >= 0.3 is 18.1 Å². The number of ether oxygens (including phenoxy) is 2. The minimum atomic E-state index is -4.50. The van der Waals surface area contributed by atoms with Gasteiger partial charge in [-0.3, -0.25) is 14.4 Å². The molecule has 0 saturated carbocycles. The molecule has 250 valence electrons. The van der Waals surface area contributed by atoms with E-state index in [4.69, 9.17) is 9.47 Å². The molecule has 0 radical (unpaired) electrons. The van der Waals surface area contributed by atoms with Gasteiger partial charge in [-0.2, -0.15) is 13.2 Å². The number of likely N-dealkylation sites (N-methyl/N-ethyl adjacent to an activating group) is 1. The van der Waals surface area contributed by atoms with Gasteiger partial charge in [-0.05, 0) is 66.4 Å². The van der Waals surface area contributed by atoms with Crippen LogP contribution in [0.25, 0.3) is 11.1 Å². The van der Waals surface area contributed by atoms with Crippen molar-refractivity contribution in [1.29, 1.82) is 0 Å². The summed E-state index contributed by atoms with van der Waals surface area (Å²) in [7, 11) is 1.17. The van der Waals surface area contributed by atoms with Gasteiger partial charge in [0.2, 0.25) is 5.91 Å². The predicted octanol–water partition coefficient (Wildman–Crippen LogP) is 7.15. The zero-order valence-corrected chi connectivity index (χ0v) is 26.7. The number of carbonyl (C=O) groups excluding carboxylic acids is 4. The van der Waals surface area contributed by atoms with Gasteiger partial charge in [-0.1, -0.05) is 66.7 Å². The van der Waals surface area contributed by atoms with Gasteiger partial charge in [0.05, 0.1) is 36.3 Å². The van der Waals surface area contributed by atoms with E-state index in [1.807, 2.05) is 32.0 Å². The third kappa shape index (κ3) is 8.67. The first-order valence-corrected chi connectivity index (χ1v) is 15.2. The van der Waals surface area contributed by atoms with Crippen LogP contribution < -0.4 is 5.32 Å². The van der Waals surface area contributed by atoms with Crippen LogP contribution in [0, 0.1) is 0 Å².